The van der Waals surface area contributed by atoms with Gasteiger partial charge in [0.15, 0.2) is 0 Å². The second kappa shape index (κ2) is 7.60. The van der Waals surface area contributed by atoms with Crippen LogP contribution in [0.15, 0.2) is 24.3 Å². The van der Waals surface area contributed by atoms with Gasteiger partial charge in [-0.2, -0.15) is 0 Å². The second-order valence-corrected chi connectivity index (χ2v) is 7.25. The van der Waals surface area contributed by atoms with Crippen LogP contribution in [-0.2, 0) is 16.3 Å². The largest absolute Gasteiger partial charge is 0.319 e. The molecule has 0 fully saturated rings. The van der Waals surface area contributed by atoms with E-state index < -0.39 is 9.84 Å². The summed E-state index contributed by atoms with van der Waals surface area (Å²) in [7, 11) is -1.06. The molecule has 1 rings (SSSR count). The van der Waals surface area contributed by atoms with E-state index in [9.17, 15) is 12.8 Å². The molecule has 0 aliphatic heterocycles. The number of rotatable bonds is 8. The summed E-state index contributed by atoms with van der Waals surface area (Å²) in [5, 5.41) is 3.08. The van der Waals surface area contributed by atoms with E-state index in [2.05, 4.69) is 5.32 Å². The molecule has 3 nitrogen and oxygen atoms in total. The molecule has 0 radical (unpaired) electrons. The minimum Gasteiger partial charge on any atom is -0.319 e. The first kappa shape index (κ1) is 16.1. The third-order valence-electron chi connectivity index (χ3n) is 3.09. The summed E-state index contributed by atoms with van der Waals surface area (Å²) < 4.78 is 35.8. The molecule has 0 spiro atoms. The smallest absolute Gasteiger partial charge is 0.147 e. The molecular formula is C14H22FNO2S. The van der Waals surface area contributed by atoms with Crippen LogP contribution >= 0.6 is 0 Å². The topological polar surface area (TPSA) is 46.2 Å². The predicted octanol–water partition coefficient (Wildman–Crippen LogP) is 2.03. The molecular weight excluding hydrogens is 265 g/mol. The van der Waals surface area contributed by atoms with Gasteiger partial charge in [-0.25, -0.2) is 12.8 Å². The molecule has 0 aromatic heterocycles. The zero-order chi connectivity index (χ0) is 14.3. The van der Waals surface area contributed by atoms with Gasteiger partial charge in [0.05, 0.1) is 0 Å². The third-order valence-corrected chi connectivity index (χ3v) is 4.12. The van der Waals surface area contributed by atoms with E-state index >= 15 is 0 Å². The lowest BCUT2D eigenvalue weighted by atomic mass is 9.94. The number of nitrogens with one attached hydrogen (secondary N) is 1. The zero-order valence-corrected chi connectivity index (χ0v) is 12.3. The number of hydrogen-bond donors (Lipinski definition) is 1. The van der Waals surface area contributed by atoms with Crippen LogP contribution < -0.4 is 5.32 Å². The molecule has 0 bridgehead atoms. The molecule has 1 atom stereocenters. The van der Waals surface area contributed by atoms with E-state index in [1.165, 1.54) is 12.3 Å². The first-order valence-corrected chi connectivity index (χ1v) is 8.54. The maximum atomic E-state index is 13.6. The highest BCUT2D eigenvalue weighted by Crippen LogP contribution is 2.16. The molecule has 0 saturated carbocycles. The second-order valence-electron chi connectivity index (χ2n) is 4.99. The van der Waals surface area contributed by atoms with Crippen LogP contribution in [0.4, 0.5) is 4.39 Å². The number of sulfone groups is 1. The van der Waals surface area contributed by atoms with Crippen LogP contribution in [0.2, 0.25) is 0 Å². The van der Waals surface area contributed by atoms with Crippen LogP contribution in [0.3, 0.4) is 0 Å². The van der Waals surface area contributed by atoms with Crippen molar-refractivity contribution < 1.29 is 12.8 Å². The molecule has 1 N–H and O–H groups in total. The number of halogens is 1. The lowest BCUT2D eigenvalue weighted by Gasteiger charge is -2.16. The average Bonchev–Trinajstić information content (AvgIpc) is 2.30. The van der Waals surface area contributed by atoms with E-state index in [4.69, 9.17) is 0 Å². The van der Waals surface area contributed by atoms with Gasteiger partial charge in [0.25, 0.3) is 0 Å². The quantitative estimate of drug-likeness (QED) is 0.796. The Morgan fingerprint density at radius 2 is 2.00 bits per heavy atom. The van der Waals surface area contributed by atoms with Crippen molar-refractivity contribution in [2.24, 2.45) is 5.92 Å². The molecule has 0 saturated heterocycles. The van der Waals surface area contributed by atoms with Gasteiger partial charge in [-0.1, -0.05) is 18.2 Å². The van der Waals surface area contributed by atoms with E-state index in [0.717, 1.165) is 13.0 Å². The van der Waals surface area contributed by atoms with Crippen molar-refractivity contribution in [3.63, 3.8) is 0 Å². The Balaban J connectivity index is 2.55. The minimum absolute atomic E-state index is 0.188. The fourth-order valence-corrected chi connectivity index (χ4v) is 2.87. The molecule has 5 heteroatoms. The normalized spacial score (nSPS) is 13.4. The van der Waals surface area contributed by atoms with Crippen molar-refractivity contribution in [2.45, 2.75) is 19.3 Å². The van der Waals surface area contributed by atoms with Gasteiger partial charge in [0.1, 0.15) is 15.7 Å². The summed E-state index contributed by atoms with van der Waals surface area (Å²) in [6.45, 7) is 0.762. The third kappa shape index (κ3) is 6.68. The molecule has 0 aliphatic rings. The summed E-state index contributed by atoms with van der Waals surface area (Å²) in [4.78, 5) is 0. The van der Waals surface area contributed by atoms with Gasteiger partial charge in [-0.15, -0.1) is 0 Å². The van der Waals surface area contributed by atoms with Crippen LogP contribution in [0.1, 0.15) is 18.4 Å². The highest BCUT2D eigenvalue weighted by atomic mass is 32.2. The van der Waals surface area contributed by atoms with Crippen molar-refractivity contribution >= 4 is 9.84 Å². The van der Waals surface area contributed by atoms with Gasteiger partial charge < -0.3 is 5.32 Å². The summed E-state index contributed by atoms with van der Waals surface area (Å²) >= 11 is 0. The van der Waals surface area contributed by atoms with E-state index in [0.29, 0.717) is 18.4 Å². The molecule has 0 heterocycles. The van der Waals surface area contributed by atoms with Crippen molar-refractivity contribution in [3.05, 3.63) is 35.6 Å². The Morgan fingerprint density at radius 1 is 1.32 bits per heavy atom. The van der Waals surface area contributed by atoms with Gasteiger partial charge in [-0.3, -0.25) is 0 Å². The van der Waals surface area contributed by atoms with Gasteiger partial charge >= 0.3 is 0 Å². The van der Waals surface area contributed by atoms with Crippen LogP contribution in [0, 0.1) is 11.7 Å². The fourth-order valence-electron chi connectivity index (χ4n) is 2.17. The maximum absolute atomic E-state index is 13.6. The first-order valence-electron chi connectivity index (χ1n) is 6.48. The highest BCUT2D eigenvalue weighted by Gasteiger charge is 2.13. The van der Waals surface area contributed by atoms with E-state index in [-0.39, 0.29) is 17.5 Å². The molecule has 0 amide bonds. The zero-order valence-electron chi connectivity index (χ0n) is 11.5. The molecule has 1 unspecified atom stereocenters. The van der Waals surface area contributed by atoms with Crippen LogP contribution in [-0.4, -0.2) is 34.0 Å². The summed E-state index contributed by atoms with van der Waals surface area (Å²) in [5.74, 6) is 0.264. The van der Waals surface area contributed by atoms with Crippen molar-refractivity contribution in [3.8, 4) is 0 Å². The first-order chi connectivity index (χ1) is 8.92. The Hall–Kier alpha value is -0.940. The summed E-state index contributed by atoms with van der Waals surface area (Å²) in [6, 6.07) is 6.75. The standard InChI is InChI=1S/C14H22FNO2S/c1-16-11-12(6-5-9-19(2,17)18)10-13-7-3-4-8-14(13)15/h3-4,7-8,12,16H,5-6,9-11H2,1-2H3. The van der Waals surface area contributed by atoms with Crippen molar-refractivity contribution in [1.82, 2.24) is 5.32 Å². The lowest BCUT2D eigenvalue weighted by Crippen LogP contribution is -2.22. The molecule has 19 heavy (non-hydrogen) atoms. The number of hydrogen-bond acceptors (Lipinski definition) is 3. The van der Waals surface area contributed by atoms with Crippen molar-refractivity contribution in [2.75, 3.05) is 25.6 Å². The van der Waals surface area contributed by atoms with Gasteiger partial charge in [-0.05, 0) is 50.4 Å². The number of benzene rings is 1. The van der Waals surface area contributed by atoms with Gasteiger partial charge in [0, 0.05) is 12.0 Å². The molecule has 0 aliphatic carbocycles. The molecule has 1 aromatic carbocycles. The Labute approximate surface area is 115 Å². The van der Waals surface area contributed by atoms with E-state index in [1.807, 2.05) is 13.1 Å². The van der Waals surface area contributed by atoms with Crippen LogP contribution in [0.5, 0.6) is 0 Å². The average molecular weight is 287 g/mol. The Kier molecular flexibility index (Phi) is 6.45. The molecule has 108 valence electrons. The SMILES string of the molecule is CNCC(CCCS(C)(=O)=O)Cc1ccccc1F. The monoisotopic (exact) mass is 287 g/mol. The van der Waals surface area contributed by atoms with Crippen LogP contribution in [0.25, 0.3) is 0 Å². The predicted molar refractivity (Wildman–Crippen MR) is 76.5 cm³/mol. The Bertz CT molecular complexity index is 488. The lowest BCUT2D eigenvalue weighted by molar-refractivity contribution is 0.446. The van der Waals surface area contributed by atoms with Crippen molar-refractivity contribution in [1.29, 1.82) is 0 Å². The Morgan fingerprint density at radius 3 is 2.58 bits per heavy atom. The maximum Gasteiger partial charge on any atom is 0.147 e. The van der Waals surface area contributed by atoms with E-state index in [1.54, 1.807) is 12.1 Å². The van der Waals surface area contributed by atoms with Gasteiger partial charge in [0.2, 0.25) is 0 Å². The highest BCUT2D eigenvalue weighted by molar-refractivity contribution is 7.90. The summed E-state index contributed by atoms with van der Waals surface area (Å²) in [5.41, 5.74) is 0.696. The molecule has 1 aromatic rings. The fraction of sp³-hybridized carbons (Fsp3) is 0.571. The summed E-state index contributed by atoms with van der Waals surface area (Å²) in [6.07, 6.45) is 3.29. The minimum atomic E-state index is -2.91.